The van der Waals surface area contributed by atoms with E-state index in [0.29, 0.717) is 12.3 Å². The molecule has 0 saturated carbocycles. The van der Waals surface area contributed by atoms with Crippen LogP contribution < -0.4 is 5.32 Å². The van der Waals surface area contributed by atoms with Crippen LogP contribution in [0.1, 0.15) is 19.2 Å². The fraction of sp³-hybridized carbons (Fsp3) is 0.385. The Morgan fingerprint density at radius 3 is 2.79 bits per heavy atom. The maximum atomic E-state index is 13.5. The molecule has 0 aliphatic rings. The van der Waals surface area contributed by atoms with Crippen LogP contribution in [0.2, 0.25) is 0 Å². The van der Waals surface area contributed by atoms with Gasteiger partial charge in [0.25, 0.3) is 5.89 Å². The Morgan fingerprint density at radius 1 is 1.21 bits per heavy atom. The Hall–Kier alpha value is -1.82. The van der Waals surface area contributed by atoms with Crippen molar-refractivity contribution >= 4 is 0 Å². The Labute approximate surface area is 109 Å². The van der Waals surface area contributed by atoms with Crippen molar-refractivity contribution in [2.24, 2.45) is 0 Å². The molecule has 0 fully saturated rings. The maximum Gasteiger partial charge on any atom is 0.250 e. The van der Waals surface area contributed by atoms with E-state index in [9.17, 15) is 8.78 Å². The summed E-state index contributed by atoms with van der Waals surface area (Å²) in [6, 6.07) is 3.24. The molecule has 2 rings (SSSR count). The van der Waals surface area contributed by atoms with Crippen LogP contribution in [0.3, 0.4) is 0 Å². The Bertz CT molecular complexity index is 542. The van der Waals surface area contributed by atoms with Crippen LogP contribution in [0, 0.1) is 11.6 Å². The quantitative estimate of drug-likeness (QED) is 0.817. The van der Waals surface area contributed by atoms with Gasteiger partial charge in [-0.1, -0.05) is 6.92 Å². The van der Waals surface area contributed by atoms with Crippen molar-refractivity contribution in [2.45, 2.75) is 19.8 Å². The Balaban J connectivity index is 2.04. The molecule has 6 heteroatoms. The first-order valence-corrected chi connectivity index (χ1v) is 6.19. The van der Waals surface area contributed by atoms with E-state index in [2.05, 4.69) is 22.4 Å². The van der Waals surface area contributed by atoms with E-state index in [-0.39, 0.29) is 11.5 Å². The van der Waals surface area contributed by atoms with Gasteiger partial charge in [0.05, 0.1) is 5.56 Å². The summed E-state index contributed by atoms with van der Waals surface area (Å²) in [5.41, 5.74) is 0.113. The number of nitrogens with zero attached hydrogens (tertiary/aromatic N) is 2. The van der Waals surface area contributed by atoms with Crippen LogP contribution in [-0.4, -0.2) is 23.3 Å². The molecule has 0 aliphatic carbocycles. The molecular weight excluding hydrogens is 252 g/mol. The van der Waals surface area contributed by atoms with E-state index < -0.39 is 11.6 Å². The molecule has 1 aromatic carbocycles. The van der Waals surface area contributed by atoms with Gasteiger partial charge in [-0.15, -0.1) is 10.2 Å². The Kier molecular flexibility index (Phi) is 4.57. The number of hydrogen-bond donors (Lipinski definition) is 1. The summed E-state index contributed by atoms with van der Waals surface area (Å²) in [5, 5.41) is 10.8. The third-order valence-corrected chi connectivity index (χ3v) is 2.57. The lowest BCUT2D eigenvalue weighted by molar-refractivity contribution is 0.490. The zero-order valence-electron chi connectivity index (χ0n) is 10.6. The number of halogens is 2. The van der Waals surface area contributed by atoms with Crippen molar-refractivity contribution in [3.05, 3.63) is 35.7 Å². The van der Waals surface area contributed by atoms with E-state index in [4.69, 9.17) is 4.42 Å². The number of rotatable bonds is 6. The van der Waals surface area contributed by atoms with Crippen LogP contribution >= 0.6 is 0 Å². The van der Waals surface area contributed by atoms with Crippen molar-refractivity contribution in [3.8, 4) is 11.5 Å². The number of hydrogen-bond acceptors (Lipinski definition) is 4. The lowest BCUT2D eigenvalue weighted by Crippen LogP contribution is -2.17. The largest absolute Gasteiger partial charge is 0.421 e. The van der Waals surface area contributed by atoms with Gasteiger partial charge in [0.15, 0.2) is 0 Å². The van der Waals surface area contributed by atoms with Gasteiger partial charge in [0, 0.05) is 19.0 Å². The predicted octanol–water partition coefficient (Wildman–Crippen LogP) is 2.56. The number of benzene rings is 1. The van der Waals surface area contributed by atoms with Gasteiger partial charge in [0.2, 0.25) is 5.89 Å². The molecule has 102 valence electrons. The molecule has 0 bridgehead atoms. The van der Waals surface area contributed by atoms with E-state index >= 15 is 0 Å². The molecule has 1 aromatic heterocycles. The lowest BCUT2D eigenvalue weighted by Gasteiger charge is -1.99. The summed E-state index contributed by atoms with van der Waals surface area (Å²) >= 11 is 0. The molecule has 0 atom stereocenters. The maximum absolute atomic E-state index is 13.5. The van der Waals surface area contributed by atoms with Gasteiger partial charge >= 0.3 is 0 Å². The third-order valence-electron chi connectivity index (χ3n) is 2.57. The molecule has 0 amide bonds. The first-order valence-electron chi connectivity index (χ1n) is 6.19. The minimum Gasteiger partial charge on any atom is -0.421 e. The highest BCUT2D eigenvalue weighted by molar-refractivity contribution is 5.53. The standard InChI is InChI=1S/C13H15F2N3O/c1-2-6-16-7-5-12-17-18-13(19-12)10-4-3-9(14)8-11(10)15/h3-4,8,16H,2,5-7H2,1H3. The minimum absolute atomic E-state index is 0.0722. The zero-order chi connectivity index (χ0) is 13.7. The second kappa shape index (κ2) is 6.38. The minimum atomic E-state index is -0.709. The summed E-state index contributed by atoms with van der Waals surface area (Å²) in [6.07, 6.45) is 1.63. The molecule has 2 aromatic rings. The molecule has 0 radical (unpaired) electrons. The highest BCUT2D eigenvalue weighted by Gasteiger charge is 2.13. The second-order valence-electron chi connectivity index (χ2n) is 4.13. The van der Waals surface area contributed by atoms with Crippen LogP contribution in [0.5, 0.6) is 0 Å². The predicted molar refractivity (Wildman–Crippen MR) is 66.5 cm³/mol. The third kappa shape index (κ3) is 3.57. The topological polar surface area (TPSA) is 51.0 Å². The van der Waals surface area contributed by atoms with Gasteiger partial charge in [-0.25, -0.2) is 8.78 Å². The van der Waals surface area contributed by atoms with Gasteiger partial charge in [0.1, 0.15) is 11.6 Å². The molecular formula is C13H15F2N3O. The monoisotopic (exact) mass is 267 g/mol. The Morgan fingerprint density at radius 2 is 2.05 bits per heavy atom. The van der Waals surface area contributed by atoms with E-state index in [1.165, 1.54) is 6.07 Å². The van der Waals surface area contributed by atoms with Crippen LogP contribution in [-0.2, 0) is 6.42 Å². The highest BCUT2D eigenvalue weighted by atomic mass is 19.1. The van der Waals surface area contributed by atoms with Gasteiger partial charge in [-0.2, -0.15) is 0 Å². The first kappa shape index (κ1) is 13.6. The average molecular weight is 267 g/mol. The molecule has 0 saturated heterocycles. The summed E-state index contributed by atoms with van der Waals surface area (Å²) < 4.78 is 31.7. The summed E-state index contributed by atoms with van der Waals surface area (Å²) in [7, 11) is 0. The SMILES string of the molecule is CCCNCCc1nnc(-c2ccc(F)cc2F)o1. The summed E-state index contributed by atoms with van der Waals surface area (Å²) in [6.45, 7) is 3.73. The lowest BCUT2D eigenvalue weighted by atomic mass is 10.2. The number of aromatic nitrogens is 2. The fourth-order valence-electron chi connectivity index (χ4n) is 1.62. The van der Waals surface area contributed by atoms with Crippen LogP contribution in [0.4, 0.5) is 8.78 Å². The molecule has 0 spiro atoms. The van der Waals surface area contributed by atoms with Gasteiger partial charge < -0.3 is 9.73 Å². The van der Waals surface area contributed by atoms with Crippen molar-refractivity contribution in [3.63, 3.8) is 0 Å². The first-order chi connectivity index (χ1) is 9.20. The van der Waals surface area contributed by atoms with Crippen molar-refractivity contribution in [1.82, 2.24) is 15.5 Å². The molecule has 0 unspecified atom stereocenters. The normalized spacial score (nSPS) is 10.9. The van der Waals surface area contributed by atoms with Crippen molar-refractivity contribution < 1.29 is 13.2 Å². The molecule has 0 aliphatic heterocycles. The van der Waals surface area contributed by atoms with E-state index in [1.807, 2.05) is 0 Å². The smallest absolute Gasteiger partial charge is 0.250 e. The van der Waals surface area contributed by atoms with Gasteiger partial charge in [-0.3, -0.25) is 0 Å². The van der Waals surface area contributed by atoms with E-state index in [0.717, 1.165) is 31.6 Å². The van der Waals surface area contributed by atoms with Crippen LogP contribution in [0.25, 0.3) is 11.5 Å². The zero-order valence-corrected chi connectivity index (χ0v) is 10.6. The molecule has 19 heavy (non-hydrogen) atoms. The average Bonchev–Trinajstić information content (AvgIpc) is 2.83. The molecule has 1 N–H and O–H groups in total. The molecule has 1 heterocycles. The summed E-state index contributed by atoms with van der Waals surface area (Å²) in [4.78, 5) is 0. The fourth-order valence-corrected chi connectivity index (χ4v) is 1.62. The molecule has 4 nitrogen and oxygen atoms in total. The van der Waals surface area contributed by atoms with Crippen molar-refractivity contribution in [2.75, 3.05) is 13.1 Å². The second-order valence-corrected chi connectivity index (χ2v) is 4.13. The number of nitrogens with one attached hydrogen (secondary N) is 1. The van der Waals surface area contributed by atoms with E-state index in [1.54, 1.807) is 0 Å². The highest BCUT2D eigenvalue weighted by Crippen LogP contribution is 2.22. The van der Waals surface area contributed by atoms with Gasteiger partial charge in [-0.05, 0) is 25.1 Å². The van der Waals surface area contributed by atoms with Crippen molar-refractivity contribution in [1.29, 1.82) is 0 Å². The summed E-state index contributed by atoms with van der Waals surface area (Å²) in [5.74, 6) is -0.839. The van der Waals surface area contributed by atoms with Crippen LogP contribution in [0.15, 0.2) is 22.6 Å².